The Balaban J connectivity index is 3.63. The van der Waals surface area contributed by atoms with Crippen LogP contribution in [0.5, 0.6) is 0 Å². The van der Waals surface area contributed by atoms with E-state index < -0.39 is 36.7 Å². The molecule has 0 aliphatic carbocycles. The topological polar surface area (TPSA) is 150 Å². The molecule has 0 radical (unpaired) electrons. The van der Waals surface area contributed by atoms with Gasteiger partial charge in [-0.25, -0.2) is 0 Å². The summed E-state index contributed by atoms with van der Waals surface area (Å²) in [6.45, 7) is 0. The van der Waals surface area contributed by atoms with Gasteiger partial charge in [-0.15, -0.1) is 0 Å². The molecule has 90 valence electrons. The Morgan fingerprint density at radius 1 is 0.941 bits per heavy atom. The molecule has 0 aliphatic rings. The van der Waals surface area contributed by atoms with Crippen LogP contribution in [0.15, 0.2) is 17.0 Å². The summed E-state index contributed by atoms with van der Waals surface area (Å²) < 4.78 is 8.76. The SMILES string of the molecule is O=[N+]([O-])c1cc([N+](=O)[O-])c(SO)c([N+](=O)[O-])c1. The van der Waals surface area contributed by atoms with Gasteiger partial charge in [0.15, 0.2) is 4.90 Å². The lowest BCUT2D eigenvalue weighted by molar-refractivity contribution is -0.407. The summed E-state index contributed by atoms with van der Waals surface area (Å²) in [5, 5.41) is 31.6. The zero-order valence-electron chi connectivity index (χ0n) is 7.80. The van der Waals surface area contributed by atoms with Crippen molar-refractivity contribution in [3.63, 3.8) is 0 Å². The summed E-state index contributed by atoms with van der Waals surface area (Å²) in [7, 11) is 0. The third kappa shape index (κ3) is 2.46. The van der Waals surface area contributed by atoms with Crippen molar-refractivity contribution in [2.45, 2.75) is 4.90 Å². The molecule has 0 spiro atoms. The summed E-state index contributed by atoms with van der Waals surface area (Å²) in [6, 6.07) is 1.09. The smallest absolute Gasteiger partial charge is 0.299 e. The number of nitro benzene ring substituents is 3. The zero-order valence-corrected chi connectivity index (χ0v) is 8.62. The number of rotatable bonds is 4. The van der Waals surface area contributed by atoms with E-state index in [2.05, 4.69) is 0 Å². The Bertz CT molecular complexity index is 481. The molecule has 0 fully saturated rings. The molecule has 0 heterocycles. The van der Waals surface area contributed by atoms with E-state index in [1.165, 1.54) is 0 Å². The first kappa shape index (κ1) is 12.8. The van der Waals surface area contributed by atoms with Gasteiger partial charge in [-0.2, -0.15) is 0 Å². The predicted octanol–water partition coefficient (Wildman–Crippen LogP) is 1.98. The fraction of sp³-hybridized carbons (Fsp3) is 0. The fourth-order valence-corrected chi connectivity index (χ4v) is 1.51. The molecule has 1 N–H and O–H groups in total. The average molecular weight is 261 g/mol. The summed E-state index contributed by atoms with van der Waals surface area (Å²) in [5.74, 6) is 0. The lowest BCUT2D eigenvalue weighted by atomic mass is 10.2. The van der Waals surface area contributed by atoms with Gasteiger partial charge in [0.25, 0.3) is 17.1 Å². The maximum Gasteiger partial charge on any atom is 0.299 e. The maximum atomic E-state index is 10.6. The molecular weight excluding hydrogens is 258 g/mol. The monoisotopic (exact) mass is 261 g/mol. The lowest BCUT2D eigenvalue weighted by Crippen LogP contribution is -1.99. The predicted molar refractivity (Wildman–Crippen MR) is 54.9 cm³/mol. The average Bonchev–Trinajstić information content (AvgIpc) is 2.26. The van der Waals surface area contributed by atoms with Gasteiger partial charge >= 0.3 is 0 Å². The first-order valence-electron chi connectivity index (χ1n) is 3.81. The second-order valence-electron chi connectivity index (χ2n) is 2.68. The van der Waals surface area contributed by atoms with Crippen LogP contribution in [0.2, 0.25) is 0 Å². The van der Waals surface area contributed by atoms with Gasteiger partial charge in [-0.1, -0.05) is 0 Å². The molecule has 1 rings (SSSR count). The molecular formula is C6H3N3O7S. The van der Waals surface area contributed by atoms with Crippen LogP contribution in [-0.2, 0) is 0 Å². The van der Waals surface area contributed by atoms with Crippen LogP contribution < -0.4 is 0 Å². The summed E-state index contributed by atoms with van der Waals surface area (Å²) in [6.07, 6.45) is 0. The quantitative estimate of drug-likeness (QED) is 0.490. The number of non-ortho nitro benzene ring substituents is 1. The molecule has 0 atom stereocenters. The van der Waals surface area contributed by atoms with Gasteiger partial charge in [0, 0.05) is 12.0 Å². The Morgan fingerprint density at radius 3 is 1.59 bits per heavy atom. The van der Waals surface area contributed by atoms with Gasteiger partial charge in [-0.05, 0) is 0 Å². The molecule has 17 heavy (non-hydrogen) atoms. The summed E-state index contributed by atoms with van der Waals surface area (Å²) in [5.41, 5.74) is -2.57. The molecule has 0 aliphatic heterocycles. The number of nitrogens with zero attached hydrogens (tertiary/aromatic N) is 3. The van der Waals surface area contributed by atoms with E-state index in [0.717, 1.165) is 0 Å². The van der Waals surface area contributed by atoms with Gasteiger partial charge in [0.2, 0.25) is 0 Å². The standard InChI is InChI=1S/C6H3N3O7S/c10-7(11)3-1-4(8(12)13)6(17-16)5(2-3)9(14)15/h1-2,16H. The summed E-state index contributed by atoms with van der Waals surface area (Å²) in [4.78, 5) is 27.8. The zero-order chi connectivity index (χ0) is 13.2. The van der Waals surface area contributed by atoms with Gasteiger partial charge in [-0.3, -0.25) is 30.3 Å². The minimum absolute atomic E-state index is 0.207. The van der Waals surface area contributed by atoms with Crippen LogP contribution in [0.3, 0.4) is 0 Å². The maximum absolute atomic E-state index is 10.6. The number of nitro groups is 3. The van der Waals surface area contributed by atoms with Crippen molar-refractivity contribution in [3.8, 4) is 0 Å². The van der Waals surface area contributed by atoms with Crippen LogP contribution in [0.1, 0.15) is 0 Å². The summed E-state index contributed by atoms with van der Waals surface area (Å²) >= 11 is -0.207. The van der Waals surface area contributed by atoms with Crippen molar-refractivity contribution < 1.29 is 19.3 Å². The molecule has 11 heteroatoms. The number of hydrogen-bond donors (Lipinski definition) is 1. The Morgan fingerprint density at radius 2 is 1.35 bits per heavy atom. The van der Waals surface area contributed by atoms with E-state index in [1.54, 1.807) is 0 Å². The Hall–Kier alpha value is -2.27. The number of hydrogen-bond acceptors (Lipinski definition) is 8. The largest absolute Gasteiger partial charge is 0.325 e. The Kier molecular flexibility index (Phi) is 3.55. The van der Waals surface area contributed by atoms with E-state index in [-0.39, 0.29) is 12.0 Å². The van der Waals surface area contributed by atoms with Crippen LogP contribution in [-0.4, -0.2) is 19.3 Å². The van der Waals surface area contributed by atoms with E-state index in [1.807, 2.05) is 0 Å². The normalized spacial score (nSPS) is 9.94. The van der Waals surface area contributed by atoms with Crippen molar-refractivity contribution in [1.29, 1.82) is 0 Å². The van der Waals surface area contributed by atoms with Crippen LogP contribution in [0.4, 0.5) is 17.1 Å². The van der Waals surface area contributed by atoms with Crippen molar-refractivity contribution in [3.05, 3.63) is 42.5 Å². The molecule has 0 saturated heterocycles. The minimum atomic E-state index is -1.04. The van der Waals surface area contributed by atoms with Crippen LogP contribution >= 0.6 is 12.0 Å². The van der Waals surface area contributed by atoms with E-state index in [0.29, 0.717) is 12.1 Å². The molecule has 0 unspecified atom stereocenters. The highest BCUT2D eigenvalue weighted by atomic mass is 32.2. The van der Waals surface area contributed by atoms with Crippen molar-refractivity contribution in [2.24, 2.45) is 0 Å². The highest BCUT2D eigenvalue weighted by molar-refractivity contribution is 7.94. The Labute approximate surface area is 96.5 Å². The molecule has 0 aromatic heterocycles. The van der Waals surface area contributed by atoms with Crippen molar-refractivity contribution in [1.82, 2.24) is 0 Å². The fourth-order valence-electron chi connectivity index (χ4n) is 1.05. The van der Waals surface area contributed by atoms with Crippen LogP contribution in [0.25, 0.3) is 0 Å². The van der Waals surface area contributed by atoms with Gasteiger partial charge in [0.05, 0.1) is 26.9 Å². The molecule has 1 aromatic carbocycles. The molecule has 1 aromatic rings. The molecule has 10 nitrogen and oxygen atoms in total. The highest BCUT2D eigenvalue weighted by Crippen LogP contribution is 2.39. The first-order chi connectivity index (χ1) is 7.88. The first-order valence-corrected chi connectivity index (χ1v) is 4.58. The second kappa shape index (κ2) is 4.71. The van der Waals surface area contributed by atoms with Gasteiger partial charge < -0.3 is 4.55 Å². The molecule has 0 bridgehead atoms. The second-order valence-corrected chi connectivity index (χ2v) is 3.27. The minimum Gasteiger partial charge on any atom is -0.325 e. The highest BCUT2D eigenvalue weighted by Gasteiger charge is 2.30. The van der Waals surface area contributed by atoms with E-state index in [9.17, 15) is 30.3 Å². The number of benzene rings is 1. The third-order valence-electron chi connectivity index (χ3n) is 1.73. The van der Waals surface area contributed by atoms with E-state index >= 15 is 0 Å². The van der Waals surface area contributed by atoms with Crippen molar-refractivity contribution >= 4 is 29.1 Å². The third-order valence-corrected chi connectivity index (χ3v) is 2.33. The van der Waals surface area contributed by atoms with Crippen LogP contribution in [0, 0.1) is 30.3 Å². The van der Waals surface area contributed by atoms with E-state index in [4.69, 9.17) is 4.55 Å². The lowest BCUT2D eigenvalue weighted by Gasteiger charge is -2.00. The molecule has 0 saturated carbocycles. The molecule has 0 amide bonds. The van der Waals surface area contributed by atoms with Gasteiger partial charge in [0.1, 0.15) is 0 Å². The van der Waals surface area contributed by atoms with Crippen molar-refractivity contribution in [2.75, 3.05) is 0 Å².